The van der Waals surface area contributed by atoms with Gasteiger partial charge in [0.05, 0.1) is 5.60 Å². The van der Waals surface area contributed by atoms with E-state index >= 15 is 0 Å². The highest BCUT2D eigenvalue weighted by atomic mass is 19.1. The molecule has 4 nitrogen and oxygen atoms in total. The number of rotatable bonds is 12. The van der Waals surface area contributed by atoms with Crippen LogP contribution in [-0.4, -0.2) is 33.7 Å². The SMILES string of the molecule is CC/C=C\CC(C)(O)/C=C/[C@H]1CCC(=O)[C@@H]1CCCCCC(F)C(=O)O. The number of ketones is 1. The lowest BCUT2D eigenvalue weighted by Gasteiger charge is -2.20. The van der Waals surface area contributed by atoms with E-state index in [9.17, 15) is 19.1 Å². The highest BCUT2D eigenvalue weighted by Gasteiger charge is 2.32. The Balaban J connectivity index is 2.44. The molecule has 0 spiro atoms. The molecule has 4 atom stereocenters. The van der Waals surface area contributed by atoms with Gasteiger partial charge in [-0.1, -0.05) is 44.1 Å². The molecule has 2 N–H and O–H groups in total. The molecular formula is C21H33FO4. The fourth-order valence-electron chi connectivity index (χ4n) is 3.42. The van der Waals surface area contributed by atoms with Crippen molar-refractivity contribution in [1.29, 1.82) is 0 Å². The van der Waals surface area contributed by atoms with Crippen LogP contribution in [0.15, 0.2) is 24.3 Å². The van der Waals surface area contributed by atoms with Gasteiger partial charge in [-0.25, -0.2) is 9.18 Å². The Hall–Kier alpha value is -1.49. The van der Waals surface area contributed by atoms with E-state index in [2.05, 4.69) is 0 Å². The molecular weight excluding hydrogens is 335 g/mol. The monoisotopic (exact) mass is 368 g/mol. The number of alkyl halides is 1. The van der Waals surface area contributed by atoms with Gasteiger partial charge in [-0.3, -0.25) is 4.79 Å². The Kier molecular flexibility index (Phi) is 9.78. The number of halogens is 1. The Labute approximate surface area is 156 Å². The zero-order chi connectivity index (χ0) is 19.6. The minimum absolute atomic E-state index is 0.0332. The largest absolute Gasteiger partial charge is 0.479 e. The van der Waals surface area contributed by atoms with Crippen LogP contribution in [0, 0.1) is 11.8 Å². The maximum absolute atomic E-state index is 13.0. The van der Waals surface area contributed by atoms with Crippen molar-refractivity contribution in [2.45, 2.75) is 83.4 Å². The van der Waals surface area contributed by atoms with E-state index in [1.807, 2.05) is 31.2 Å². The van der Waals surface area contributed by atoms with Crippen LogP contribution in [0.5, 0.6) is 0 Å². The third kappa shape index (κ3) is 8.26. The van der Waals surface area contributed by atoms with E-state index in [0.717, 1.165) is 32.1 Å². The standard InChI is InChI=1S/C21H33FO4/c1-3-4-8-14-21(2,26)15-13-16-11-12-19(23)17(16)9-6-5-7-10-18(22)20(24)25/h4,8,13,15-18,26H,3,5-7,9-12,14H2,1-2H3,(H,24,25)/b8-4-,15-13+/t16-,17-,18?,21?/m1/s1. The fourth-order valence-corrected chi connectivity index (χ4v) is 3.42. The third-order valence-electron chi connectivity index (χ3n) is 5.03. The van der Waals surface area contributed by atoms with Crippen molar-refractivity contribution in [3.8, 4) is 0 Å². The van der Waals surface area contributed by atoms with Crippen molar-refractivity contribution < 1.29 is 24.2 Å². The summed E-state index contributed by atoms with van der Waals surface area (Å²) in [6.45, 7) is 3.82. The van der Waals surface area contributed by atoms with Gasteiger partial charge >= 0.3 is 5.97 Å². The van der Waals surface area contributed by atoms with E-state index < -0.39 is 17.7 Å². The maximum Gasteiger partial charge on any atom is 0.338 e. The first kappa shape index (κ1) is 22.6. The van der Waals surface area contributed by atoms with Gasteiger partial charge in [0.25, 0.3) is 0 Å². The molecule has 0 amide bonds. The van der Waals surface area contributed by atoms with E-state index in [4.69, 9.17) is 5.11 Å². The molecule has 0 bridgehead atoms. The number of carbonyl (C=O) groups is 2. The number of carboxylic acids is 1. The highest BCUT2D eigenvalue weighted by molar-refractivity contribution is 5.83. The number of hydrogen-bond donors (Lipinski definition) is 2. The van der Waals surface area contributed by atoms with Crippen LogP contribution in [0.3, 0.4) is 0 Å². The van der Waals surface area contributed by atoms with Crippen molar-refractivity contribution >= 4 is 11.8 Å². The van der Waals surface area contributed by atoms with Gasteiger partial charge in [0.1, 0.15) is 5.78 Å². The van der Waals surface area contributed by atoms with E-state index in [1.165, 1.54) is 0 Å². The highest BCUT2D eigenvalue weighted by Crippen LogP contribution is 2.34. The summed E-state index contributed by atoms with van der Waals surface area (Å²) in [5, 5.41) is 18.9. The van der Waals surface area contributed by atoms with E-state index in [-0.39, 0.29) is 24.0 Å². The molecule has 1 fully saturated rings. The van der Waals surface area contributed by atoms with Gasteiger partial charge in [-0.05, 0) is 51.4 Å². The lowest BCUT2D eigenvalue weighted by Crippen LogP contribution is -2.21. The van der Waals surface area contributed by atoms with Crippen LogP contribution in [-0.2, 0) is 9.59 Å². The number of carbonyl (C=O) groups excluding carboxylic acids is 1. The summed E-state index contributed by atoms with van der Waals surface area (Å²) in [5.41, 5.74) is -0.908. The molecule has 0 aliphatic heterocycles. The van der Waals surface area contributed by atoms with Gasteiger partial charge in [-0.2, -0.15) is 0 Å². The summed E-state index contributed by atoms with van der Waals surface area (Å²) >= 11 is 0. The van der Waals surface area contributed by atoms with Crippen LogP contribution < -0.4 is 0 Å². The lowest BCUT2D eigenvalue weighted by atomic mass is 9.88. The van der Waals surface area contributed by atoms with Crippen LogP contribution >= 0.6 is 0 Å². The van der Waals surface area contributed by atoms with Gasteiger partial charge in [0.15, 0.2) is 6.17 Å². The normalized spacial score (nSPS) is 24.4. The molecule has 1 aliphatic carbocycles. The first-order chi connectivity index (χ1) is 12.3. The predicted molar refractivity (Wildman–Crippen MR) is 101 cm³/mol. The van der Waals surface area contributed by atoms with Gasteiger partial charge in [-0.15, -0.1) is 0 Å². The number of unbranched alkanes of at least 4 members (excludes halogenated alkanes) is 2. The third-order valence-corrected chi connectivity index (χ3v) is 5.03. The molecule has 0 aromatic rings. The molecule has 0 aromatic heterocycles. The predicted octanol–water partition coefficient (Wildman–Crippen LogP) is 4.62. The molecule has 148 valence electrons. The van der Waals surface area contributed by atoms with Crippen molar-refractivity contribution in [3.63, 3.8) is 0 Å². The number of aliphatic carboxylic acids is 1. The molecule has 1 aliphatic rings. The van der Waals surface area contributed by atoms with Gasteiger partial charge in [0, 0.05) is 12.3 Å². The minimum atomic E-state index is -1.79. The van der Waals surface area contributed by atoms with Crippen molar-refractivity contribution in [2.24, 2.45) is 11.8 Å². The first-order valence-electron chi connectivity index (χ1n) is 9.73. The quantitative estimate of drug-likeness (QED) is 0.389. The minimum Gasteiger partial charge on any atom is -0.479 e. The second-order valence-corrected chi connectivity index (χ2v) is 7.52. The van der Waals surface area contributed by atoms with Crippen LogP contribution in [0.2, 0.25) is 0 Å². The van der Waals surface area contributed by atoms with Crippen LogP contribution in [0.4, 0.5) is 4.39 Å². The Bertz CT molecular complexity index is 510. The molecule has 0 saturated heterocycles. The molecule has 26 heavy (non-hydrogen) atoms. The molecule has 0 heterocycles. The van der Waals surface area contributed by atoms with Crippen LogP contribution in [0.1, 0.15) is 71.6 Å². The number of Topliss-reactive ketones (excluding diaryl/α,β-unsaturated/α-hetero) is 1. The van der Waals surface area contributed by atoms with Crippen LogP contribution in [0.25, 0.3) is 0 Å². The second-order valence-electron chi connectivity index (χ2n) is 7.52. The Morgan fingerprint density at radius 1 is 1.35 bits per heavy atom. The molecule has 2 unspecified atom stereocenters. The summed E-state index contributed by atoms with van der Waals surface area (Å²) in [7, 11) is 0. The zero-order valence-electron chi connectivity index (χ0n) is 16.0. The van der Waals surface area contributed by atoms with Gasteiger partial charge in [0.2, 0.25) is 0 Å². The molecule has 0 aromatic carbocycles. The van der Waals surface area contributed by atoms with Crippen molar-refractivity contribution in [3.05, 3.63) is 24.3 Å². The Morgan fingerprint density at radius 2 is 2.08 bits per heavy atom. The summed E-state index contributed by atoms with van der Waals surface area (Å²) < 4.78 is 13.0. The topological polar surface area (TPSA) is 74.6 Å². The number of hydrogen-bond acceptors (Lipinski definition) is 3. The molecule has 1 saturated carbocycles. The van der Waals surface area contributed by atoms with Crippen molar-refractivity contribution in [2.75, 3.05) is 0 Å². The van der Waals surface area contributed by atoms with Crippen molar-refractivity contribution in [1.82, 2.24) is 0 Å². The average molecular weight is 368 g/mol. The van der Waals surface area contributed by atoms with E-state index in [0.29, 0.717) is 19.3 Å². The number of allylic oxidation sites excluding steroid dienone is 2. The number of carboxylic acid groups (broad SMARTS) is 1. The number of aliphatic hydroxyl groups is 1. The summed E-state index contributed by atoms with van der Waals surface area (Å²) in [6, 6.07) is 0. The fraction of sp³-hybridized carbons (Fsp3) is 0.714. The van der Waals surface area contributed by atoms with Gasteiger partial charge < -0.3 is 10.2 Å². The Morgan fingerprint density at radius 3 is 2.73 bits per heavy atom. The maximum atomic E-state index is 13.0. The molecule has 0 radical (unpaired) electrons. The lowest BCUT2D eigenvalue weighted by molar-refractivity contribution is -0.143. The smallest absolute Gasteiger partial charge is 0.338 e. The zero-order valence-corrected chi connectivity index (χ0v) is 16.0. The summed E-state index contributed by atoms with van der Waals surface area (Å²) in [4.78, 5) is 22.6. The molecule has 1 rings (SSSR count). The average Bonchev–Trinajstić information content (AvgIpc) is 2.93. The second kappa shape index (κ2) is 11.3. The first-order valence-corrected chi connectivity index (χ1v) is 9.73. The summed E-state index contributed by atoms with van der Waals surface area (Å²) in [5.74, 6) is -1.02. The molecule has 5 heteroatoms. The summed E-state index contributed by atoms with van der Waals surface area (Å²) in [6.07, 6.45) is 11.7. The van der Waals surface area contributed by atoms with E-state index in [1.54, 1.807) is 6.92 Å².